The van der Waals surface area contributed by atoms with Gasteiger partial charge in [0.05, 0.1) is 39.3 Å². The van der Waals surface area contributed by atoms with Crippen LogP contribution in [0.1, 0.15) is 26.6 Å². The lowest BCUT2D eigenvalue weighted by molar-refractivity contribution is -0.380. The lowest BCUT2D eigenvalue weighted by Gasteiger charge is -2.05. The van der Waals surface area contributed by atoms with Crippen molar-refractivity contribution in [2.75, 3.05) is 0 Å². The first-order valence-electron chi connectivity index (χ1n) is 10.1. The van der Waals surface area contributed by atoms with E-state index in [9.17, 15) is 14.9 Å². The van der Waals surface area contributed by atoms with Crippen LogP contribution in [0.5, 0.6) is 0 Å². The molecule has 5 aromatic rings. The molecule has 0 fully saturated rings. The number of rotatable bonds is 6. The number of thiophene rings is 1. The van der Waals surface area contributed by atoms with Gasteiger partial charge in [-0.15, -0.1) is 0 Å². The number of carbonyl (C=O) groups excluding carboxylic acids is 1. The third-order valence-electron chi connectivity index (χ3n) is 5.24. The average Bonchev–Trinajstić information content (AvgIpc) is 3.49. The molecule has 0 radical (unpaired) electrons. The lowest BCUT2D eigenvalue weighted by Crippen LogP contribution is -2.20. The summed E-state index contributed by atoms with van der Waals surface area (Å²) >= 11 is 0.981. The second-order valence-electron chi connectivity index (χ2n) is 7.37. The van der Waals surface area contributed by atoms with E-state index in [0.29, 0.717) is 28.6 Å². The number of hydrogen-bond donors (Lipinski definition) is 1. The van der Waals surface area contributed by atoms with Crippen LogP contribution in [0.3, 0.4) is 0 Å². The minimum atomic E-state index is -0.460. The fraction of sp³-hybridized carbons (Fsp3) is 0.0870. The van der Waals surface area contributed by atoms with E-state index >= 15 is 0 Å². The number of nitro groups is 1. The number of nitrogens with zero attached hydrogens (tertiary/aromatic N) is 5. The highest BCUT2D eigenvalue weighted by molar-refractivity contribution is 7.16. The molecule has 0 saturated carbocycles. The number of aryl methyl sites for hydroxylation is 1. The van der Waals surface area contributed by atoms with E-state index in [4.69, 9.17) is 4.98 Å². The average molecular weight is 459 g/mol. The van der Waals surface area contributed by atoms with Crippen molar-refractivity contribution >= 4 is 45.3 Å². The van der Waals surface area contributed by atoms with Crippen molar-refractivity contribution in [2.24, 2.45) is 5.10 Å². The van der Waals surface area contributed by atoms with E-state index in [0.717, 1.165) is 27.9 Å². The Morgan fingerprint density at radius 2 is 1.85 bits per heavy atom. The summed E-state index contributed by atoms with van der Waals surface area (Å²) in [6.45, 7) is 2.40. The summed E-state index contributed by atoms with van der Waals surface area (Å²) in [5.41, 5.74) is 6.46. The fourth-order valence-electron chi connectivity index (χ4n) is 3.82. The Kier molecular flexibility index (Phi) is 5.19. The van der Waals surface area contributed by atoms with E-state index < -0.39 is 10.8 Å². The zero-order valence-corrected chi connectivity index (χ0v) is 18.3. The summed E-state index contributed by atoms with van der Waals surface area (Å²) in [5.74, 6) is 0.255. The van der Waals surface area contributed by atoms with Crippen molar-refractivity contribution in [3.63, 3.8) is 0 Å². The number of benzene rings is 2. The number of carbonyl (C=O) groups is 1. The van der Waals surface area contributed by atoms with Crippen LogP contribution in [-0.2, 0) is 6.54 Å². The molecule has 2 aromatic carbocycles. The lowest BCUT2D eigenvalue weighted by atomic mass is 10.2. The number of fused-ring (bicyclic) bond motifs is 3. The second kappa shape index (κ2) is 8.32. The van der Waals surface area contributed by atoms with Crippen LogP contribution in [0.25, 0.3) is 16.8 Å². The largest absolute Gasteiger partial charge is 0.324 e. The molecule has 1 N–H and O–H groups in total. The van der Waals surface area contributed by atoms with Gasteiger partial charge in [0.1, 0.15) is 5.69 Å². The van der Waals surface area contributed by atoms with Crippen molar-refractivity contribution in [1.82, 2.24) is 19.4 Å². The van der Waals surface area contributed by atoms with E-state index in [1.54, 1.807) is 13.0 Å². The number of nitrogens with one attached hydrogen (secondary N) is 1. The third kappa shape index (κ3) is 3.76. The molecule has 0 aliphatic heterocycles. The second-order valence-corrected chi connectivity index (χ2v) is 8.47. The van der Waals surface area contributed by atoms with Crippen LogP contribution in [0.2, 0.25) is 0 Å². The Hall–Kier alpha value is -4.31. The summed E-state index contributed by atoms with van der Waals surface area (Å²) in [6.07, 6.45) is 1.39. The molecule has 0 aliphatic carbocycles. The quantitative estimate of drug-likeness (QED) is 0.231. The van der Waals surface area contributed by atoms with Gasteiger partial charge in [0.15, 0.2) is 0 Å². The number of aromatic nitrogens is 3. The summed E-state index contributed by atoms with van der Waals surface area (Å²) in [6, 6.07) is 20.9. The Balaban J connectivity index is 1.51. The van der Waals surface area contributed by atoms with Crippen molar-refractivity contribution in [3.05, 3.63) is 98.7 Å². The number of para-hydroxylation sites is 2. The van der Waals surface area contributed by atoms with Gasteiger partial charge in [-0.05, 0) is 30.7 Å². The molecule has 0 atom stereocenters. The Labute approximate surface area is 191 Å². The van der Waals surface area contributed by atoms with Crippen molar-refractivity contribution in [3.8, 4) is 0 Å². The molecule has 0 spiro atoms. The van der Waals surface area contributed by atoms with Crippen LogP contribution < -0.4 is 5.43 Å². The van der Waals surface area contributed by atoms with Gasteiger partial charge < -0.3 is 4.57 Å². The highest BCUT2D eigenvalue weighted by Crippen LogP contribution is 2.26. The summed E-state index contributed by atoms with van der Waals surface area (Å²) in [5, 5.41) is 14.8. The fourth-order valence-corrected chi connectivity index (χ4v) is 4.51. The zero-order chi connectivity index (χ0) is 22.9. The highest BCUT2D eigenvalue weighted by Gasteiger charge is 2.22. The minimum absolute atomic E-state index is 0.0161. The normalized spacial score (nSPS) is 11.5. The predicted octanol–water partition coefficient (Wildman–Crippen LogP) is 4.38. The van der Waals surface area contributed by atoms with Crippen LogP contribution >= 0.6 is 11.3 Å². The van der Waals surface area contributed by atoms with Gasteiger partial charge in [-0.3, -0.25) is 19.3 Å². The first kappa shape index (κ1) is 20.6. The molecular formula is C23H18N6O3S. The first-order chi connectivity index (χ1) is 16.0. The SMILES string of the molecule is Cc1nc2n(Cc3ccccc3)c3ccccc3n2c1C(=O)NN=Cc1ccc([N+](=O)[O-])s1. The van der Waals surface area contributed by atoms with E-state index in [2.05, 4.69) is 27.2 Å². The standard InChI is InChI=1S/C23H18N6O3S/c1-15-21(22(30)26-24-13-17-11-12-20(33-17)29(31)32)28-19-10-6-5-9-18(19)27(23(28)25-15)14-16-7-3-2-4-8-16/h2-13H,14H2,1H3,(H,26,30). The molecule has 1 amide bonds. The maximum absolute atomic E-state index is 13.1. The van der Waals surface area contributed by atoms with Gasteiger partial charge in [0.25, 0.3) is 5.91 Å². The molecule has 3 aromatic heterocycles. The minimum Gasteiger partial charge on any atom is -0.305 e. The Morgan fingerprint density at radius 3 is 2.58 bits per heavy atom. The number of imidazole rings is 2. The maximum Gasteiger partial charge on any atom is 0.324 e. The van der Waals surface area contributed by atoms with E-state index in [1.165, 1.54) is 12.3 Å². The molecule has 33 heavy (non-hydrogen) atoms. The molecule has 10 heteroatoms. The topological polar surface area (TPSA) is 107 Å². The monoisotopic (exact) mass is 458 g/mol. The number of hydrazone groups is 1. The summed E-state index contributed by atoms with van der Waals surface area (Å²) < 4.78 is 3.93. The third-order valence-corrected chi connectivity index (χ3v) is 6.21. The van der Waals surface area contributed by atoms with E-state index in [1.807, 2.05) is 46.9 Å². The van der Waals surface area contributed by atoms with Crippen molar-refractivity contribution in [1.29, 1.82) is 0 Å². The maximum atomic E-state index is 13.1. The molecule has 3 heterocycles. The molecule has 164 valence electrons. The van der Waals surface area contributed by atoms with Gasteiger partial charge in [-0.2, -0.15) is 5.10 Å². The van der Waals surface area contributed by atoms with Gasteiger partial charge in [-0.25, -0.2) is 10.4 Å². The molecular weight excluding hydrogens is 440 g/mol. The van der Waals surface area contributed by atoms with Crippen LogP contribution in [0.4, 0.5) is 5.00 Å². The highest BCUT2D eigenvalue weighted by atomic mass is 32.1. The van der Waals surface area contributed by atoms with Crippen LogP contribution in [0, 0.1) is 17.0 Å². The Bertz CT molecular complexity index is 1530. The van der Waals surface area contributed by atoms with Gasteiger partial charge in [0.2, 0.25) is 5.78 Å². The predicted molar refractivity (Wildman–Crippen MR) is 127 cm³/mol. The van der Waals surface area contributed by atoms with Gasteiger partial charge in [0, 0.05) is 6.07 Å². The first-order valence-corrected chi connectivity index (χ1v) is 10.9. The number of amides is 1. The van der Waals surface area contributed by atoms with Crippen LogP contribution in [0.15, 0.2) is 71.8 Å². The molecule has 5 rings (SSSR count). The molecule has 0 aliphatic rings. The molecule has 0 bridgehead atoms. The molecule has 9 nitrogen and oxygen atoms in total. The molecule has 0 saturated heterocycles. The summed E-state index contributed by atoms with van der Waals surface area (Å²) in [7, 11) is 0. The Morgan fingerprint density at radius 1 is 1.12 bits per heavy atom. The summed E-state index contributed by atoms with van der Waals surface area (Å²) in [4.78, 5) is 28.7. The van der Waals surface area contributed by atoms with Crippen molar-refractivity contribution < 1.29 is 9.72 Å². The number of hydrogen-bond acceptors (Lipinski definition) is 6. The van der Waals surface area contributed by atoms with E-state index in [-0.39, 0.29) is 5.00 Å². The van der Waals surface area contributed by atoms with Crippen LogP contribution in [-0.4, -0.2) is 31.0 Å². The zero-order valence-electron chi connectivity index (χ0n) is 17.5. The van der Waals surface area contributed by atoms with Gasteiger partial charge >= 0.3 is 5.00 Å². The molecule has 0 unspecified atom stereocenters. The van der Waals surface area contributed by atoms with Gasteiger partial charge in [-0.1, -0.05) is 53.8 Å². The van der Waals surface area contributed by atoms with Crippen molar-refractivity contribution in [2.45, 2.75) is 13.5 Å². The smallest absolute Gasteiger partial charge is 0.305 e.